The topological polar surface area (TPSA) is 168 Å². The molecule has 0 radical (unpaired) electrons. The van der Waals surface area contributed by atoms with Gasteiger partial charge in [-0.1, -0.05) is 11.6 Å². The molecule has 5 aromatic rings. The van der Waals surface area contributed by atoms with Crippen molar-refractivity contribution < 1.29 is 38.8 Å². The summed E-state index contributed by atoms with van der Waals surface area (Å²) in [5.74, 6) is -4.77. The summed E-state index contributed by atoms with van der Waals surface area (Å²) in [6.07, 6.45) is 0.866. The fraction of sp³-hybridized carbons (Fsp3) is 0.0741. The Morgan fingerprint density at radius 2 is 1.66 bits per heavy atom. The minimum Gasteiger partial charge on any atom is -0.507 e. The Balaban J connectivity index is 1.69. The number of phenolic OH excluding ortho intramolecular Hbond substituents is 3. The number of carbonyl (C=O) groups is 1. The van der Waals surface area contributed by atoms with Crippen molar-refractivity contribution in [3.63, 3.8) is 0 Å². The first-order valence-electron chi connectivity index (χ1n) is 11.1. The molecule has 1 aliphatic heterocycles. The lowest BCUT2D eigenvalue weighted by atomic mass is 9.85. The van der Waals surface area contributed by atoms with Gasteiger partial charge in [0.25, 0.3) is 0 Å². The molecular weight excluding hydrogens is 520 g/mol. The molecule has 0 bridgehead atoms. The normalized spacial score (nSPS) is 15.0. The molecule has 190 valence electrons. The molecular formula is C27H15ClO10. The van der Waals surface area contributed by atoms with Crippen molar-refractivity contribution in [3.05, 3.63) is 85.3 Å². The summed E-state index contributed by atoms with van der Waals surface area (Å²) in [6.45, 7) is 0. The zero-order chi connectivity index (χ0) is 26.9. The molecule has 2 aromatic heterocycles. The molecule has 0 saturated carbocycles. The van der Waals surface area contributed by atoms with Crippen LogP contribution in [0.25, 0.3) is 33.3 Å². The number of benzene rings is 3. The summed E-state index contributed by atoms with van der Waals surface area (Å²) >= 11 is 6.07. The van der Waals surface area contributed by atoms with E-state index in [1.807, 2.05) is 0 Å². The number of carbonyl (C=O) groups excluding carboxylic acids is 1. The van der Waals surface area contributed by atoms with Gasteiger partial charge in [0.05, 0.1) is 18.1 Å². The molecule has 11 heteroatoms. The smallest absolute Gasteiger partial charge is 0.312 e. The van der Waals surface area contributed by atoms with Crippen LogP contribution in [0.1, 0.15) is 23.5 Å². The van der Waals surface area contributed by atoms with Crippen molar-refractivity contribution in [2.45, 2.75) is 12.3 Å². The maximum Gasteiger partial charge on any atom is 0.312 e. The van der Waals surface area contributed by atoms with Crippen LogP contribution < -0.4 is 15.6 Å². The molecule has 38 heavy (non-hydrogen) atoms. The molecule has 0 unspecified atom stereocenters. The average Bonchev–Trinajstić information content (AvgIpc) is 2.87. The molecule has 0 saturated heterocycles. The van der Waals surface area contributed by atoms with Crippen LogP contribution in [0.3, 0.4) is 0 Å². The van der Waals surface area contributed by atoms with Gasteiger partial charge < -0.3 is 34.0 Å². The number of rotatable bonds is 2. The first kappa shape index (κ1) is 23.4. The van der Waals surface area contributed by atoms with Gasteiger partial charge in [0, 0.05) is 33.7 Å². The predicted molar refractivity (Wildman–Crippen MR) is 134 cm³/mol. The van der Waals surface area contributed by atoms with Crippen LogP contribution in [0.4, 0.5) is 0 Å². The van der Waals surface area contributed by atoms with E-state index in [4.69, 9.17) is 25.2 Å². The molecule has 1 aliphatic rings. The lowest BCUT2D eigenvalue weighted by Crippen LogP contribution is -2.25. The van der Waals surface area contributed by atoms with Crippen LogP contribution in [0.5, 0.6) is 28.7 Å². The number of fused-ring (bicyclic) bond motifs is 4. The Hall–Kier alpha value is -4.96. The van der Waals surface area contributed by atoms with E-state index in [2.05, 4.69) is 0 Å². The summed E-state index contributed by atoms with van der Waals surface area (Å²) in [6, 6.07) is 9.02. The van der Waals surface area contributed by atoms with E-state index in [1.165, 1.54) is 24.5 Å². The molecule has 0 spiro atoms. The van der Waals surface area contributed by atoms with E-state index >= 15 is 0 Å². The molecule has 4 N–H and O–H groups in total. The third-order valence-electron chi connectivity index (χ3n) is 6.44. The zero-order valence-electron chi connectivity index (χ0n) is 19.0. The largest absolute Gasteiger partial charge is 0.507 e. The van der Waals surface area contributed by atoms with Crippen LogP contribution in [-0.4, -0.2) is 26.4 Å². The van der Waals surface area contributed by atoms with Gasteiger partial charge in [-0.15, -0.1) is 0 Å². The van der Waals surface area contributed by atoms with Gasteiger partial charge in [-0.25, -0.2) is 0 Å². The number of halogens is 1. The fourth-order valence-electron chi connectivity index (χ4n) is 4.67. The number of hydrogen-bond acceptors (Lipinski definition) is 10. The van der Waals surface area contributed by atoms with Gasteiger partial charge in [-0.2, -0.15) is 0 Å². The van der Waals surface area contributed by atoms with Crippen molar-refractivity contribution in [1.29, 1.82) is 0 Å². The van der Waals surface area contributed by atoms with Crippen LogP contribution in [0.2, 0.25) is 5.02 Å². The Labute approximate surface area is 216 Å². The van der Waals surface area contributed by atoms with Gasteiger partial charge >= 0.3 is 5.97 Å². The van der Waals surface area contributed by atoms with Gasteiger partial charge in [0.1, 0.15) is 28.1 Å². The molecule has 0 fully saturated rings. The zero-order valence-corrected chi connectivity index (χ0v) is 19.8. The first-order chi connectivity index (χ1) is 18.1. The van der Waals surface area contributed by atoms with E-state index < -0.39 is 56.9 Å². The number of ether oxygens (including phenoxy) is 1. The number of esters is 1. The van der Waals surface area contributed by atoms with Gasteiger partial charge in [0.2, 0.25) is 11.2 Å². The van der Waals surface area contributed by atoms with Gasteiger partial charge in [-0.05, 0) is 36.4 Å². The quantitative estimate of drug-likeness (QED) is 0.144. The third-order valence-corrected chi connectivity index (χ3v) is 6.67. The standard InChI is InChI=1S/C27H15ClO10/c28-11-2-4-18-13(6-11)23(33)14(9-36-18)12-7-20(32)37-19-8-17(31)22-24(34)25(35)26(38-27(22)21(12)19)10-1-3-15(29)16(30)5-10/h1-6,8-9,12,29-31,35H,7H2/t12-/m1/s1. The van der Waals surface area contributed by atoms with Crippen LogP contribution in [-0.2, 0) is 4.79 Å². The maximum absolute atomic E-state index is 13.5. The Bertz CT molecular complexity index is 1950. The maximum atomic E-state index is 13.5. The fourth-order valence-corrected chi connectivity index (χ4v) is 4.84. The molecule has 1 atom stereocenters. The number of hydrogen-bond donors (Lipinski definition) is 4. The number of phenols is 3. The third kappa shape index (κ3) is 3.46. The highest BCUT2D eigenvalue weighted by Gasteiger charge is 2.36. The molecule has 0 aliphatic carbocycles. The van der Waals surface area contributed by atoms with Crippen molar-refractivity contribution >= 4 is 39.5 Å². The van der Waals surface area contributed by atoms with E-state index in [-0.39, 0.29) is 45.4 Å². The second-order valence-electron chi connectivity index (χ2n) is 8.72. The predicted octanol–water partition coefficient (Wildman–Crippen LogP) is 4.48. The summed E-state index contributed by atoms with van der Waals surface area (Å²) in [5.41, 5.74) is -1.32. The number of aromatic hydroxyl groups is 4. The van der Waals surface area contributed by atoms with E-state index in [1.54, 1.807) is 6.07 Å². The van der Waals surface area contributed by atoms with E-state index in [0.29, 0.717) is 5.02 Å². The highest BCUT2D eigenvalue weighted by molar-refractivity contribution is 6.31. The van der Waals surface area contributed by atoms with Crippen molar-refractivity contribution in [2.24, 2.45) is 0 Å². The Kier molecular flexibility index (Phi) is 5.11. The monoisotopic (exact) mass is 534 g/mol. The summed E-state index contributed by atoms with van der Waals surface area (Å²) in [5, 5.41) is 40.9. The second kappa shape index (κ2) is 8.29. The second-order valence-corrected chi connectivity index (χ2v) is 9.15. The lowest BCUT2D eigenvalue weighted by molar-refractivity contribution is -0.135. The average molecular weight is 535 g/mol. The Morgan fingerprint density at radius 1 is 0.868 bits per heavy atom. The van der Waals surface area contributed by atoms with Crippen molar-refractivity contribution in [2.75, 3.05) is 0 Å². The summed E-state index contributed by atoms with van der Waals surface area (Å²) < 4.78 is 16.9. The lowest BCUT2D eigenvalue weighted by Gasteiger charge is -2.25. The molecule has 0 amide bonds. The summed E-state index contributed by atoms with van der Waals surface area (Å²) in [7, 11) is 0. The van der Waals surface area contributed by atoms with Crippen molar-refractivity contribution in [1.82, 2.24) is 0 Å². The first-order valence-corrected chi connectivity index (χ1v) is 11.5. The van der Waals surface area contributed by atoms with E-state index in [9.17, 15) is 34.8 Å². The Morgan fingerprint density at radius 3 is 2.42 bits per heavy atom. The molecule has 6 rings (SSSR count). The van der Waals surface area contributed by atoms with Crippen LogP contribution in [0, 0.1) is 0 Å². The minimum absolute atomic E-state index is 0.0260. The molecule has 3 aromatic carbocycles. The SMILES string of the molecule is O=C1C[C@H](c2coc3ccc(Cl)cc3c2=O)c2c(cc(O)c3c(=O)c(O)c(-c4ccc(O)c(O)c4)oc23)O1. The van der Waals surface area contributed by atoms with Crippen molar-refractivity contribution in [3.8, 4) is 40.1 Å². The van der Waals surface area contributed by atoms with Crippen LogP contribution in [0.15, 0.2) is 67.2 Å². The highest BCUT2D eigenvalue weighted by Crippen LogP contribution is 2.47. The van der Waals surface area contributed by atoms with Gasteiger partial charge in [0.15, 0.2) is 22.7 Å². The van der Waals surface area contributed by atoms with Crippen LogP contribution >= 0.6 is 11.6 Å². The van der Waals surface area contributed by atoms with Gasteiger partial charge in [-0.3, -0.25) is 14.4 Å². The summed E-state index contributed by atoms with van der Waals surface area (Å²) in [4.78, 5) is 39.2. The van der Waals surface area contributed by atoms with E-state index in [0.717, 1.165) is 18.2 Å². The molecule has 3 heterocycles. The molecule has 10 nitrogen and oxygen atoms in total. The highest BCUT2D eigenvalue weighted by atomic mass is 35.5. The minimum atomic E-state index is -1.03.